The van der Waals surface area contributed by atoms with Crippen molar-refractivity contribution >= 4 is 12.4 Å². The van der Waals surface area contributed by atoms with E-state index in [9.17, 15) is 4.39 Å². The molecule has 1 aromatic rings. The number of rotatable bonds is 2. The first-order chi connectivity index (χ1) is 7.68. The molecule has 1 aromatic carbocycles. The quantitative estimate of drug-likeness (QED) is 0.877. The minimum atomic E-state index is -0.0777. The van der Waals surface area contributed by atoms with Gasteiger partial charge in [-0.3, -0.25) is 4.90 Å². The molecule has 0 bridgehead atoms. The molecule has 17 heavy (non-hydrogen) atoms. The van der Waals surface area contributed by atoms with E-state index in [0.717, 1.165) is 37.3 Å². The number of benzene rings is 1. The predicted molar refractivity (Wildman–Crippen MR) is 71.2 cm³/mol. The van der Waals surface area contributed by atoms with E-state index in [4.69, 9.17) is 0 Å². The molecule has 1 atom stereocenters. The van der Waals surface area contributed by atoms with Crippen LogP contribution in [0.5, 0.6) is 0 Å². The summed E-state index contributed by atoms with van der Waals surface area (Å²) in [7, 11) is 0. The van der Waals surface area contributed by atoms with E-state index in [-0.39, 0.29) is 24.3 Å². The van der Waals surface area contributed by atoms with Gasteiger partial charge in [-0.05, 0) is 25.5 Å². The monoisotopic (exact) mass is 258 g/mol. The van der Waals surface area contributed by atoms with Crippen LogP contribution in [-0.4, -0.2) is 31.1 Å². The van der Waals surface area contributed by atoms with E-state index in [1.807, 2.05) is 19.1 Å². The Kier molecular flexibility index (Phi) is 5.37. The van der Waals surface area contributed by atoms with Gasteiger partial charge >= 0.3 is 0 Å². The average molecular weight is 259 g/mol. The molecule has 0 amide bonds. The van der Waals surface area contributed by atoms with Crippen LogP contribution in [0.1, 0.15) is 24.1 Å². The third-order valence-electron chi connectivity index (χ3n) is 3.31. The molecular weight excluding hydrogens is 239 g/mol. The fraction of sp³-hybridized carbons (Fsp3) is 0.538. The van der Waals surface area contributed by atoms with Gasteiger partial charge in [-0.25, -0.2) is 4.39 Å². The van der Waals surface area contributed by atoms with E-state index >= 15 is 0 Å². The maximum absolute atomic E-state index is 13.8. The van der Waals surface area contributed by atoms with Crippen molar-refractivity contribution in [2.75, 3.05) is 26.2 Å². The molecule has 0 unspecified atom stereocenters. The number of halogens is 2. The first-order valence-corrected chi connectivity index (χ1v) is 5.89. The molecule has 1 saturated heterocycles. The van der Waals surface area contributed by atoms with E-state index < -0.39 is 0 Å². The molecule has 4 heteroatoms. The van der Waals surface area contributed by atoms with E-state index in [0.29, 0.717) is 0 Å². The maximum atomic E-state index is 13.8. The zero-order valence-electron chi connectivity index (χ0n) is 10.4. The highest BCUT2D eigenvalue weighted by Gasteiger charge is 2.20. The number of hydrogen-bond donors (Lipinski definition) is 1. The summed E-state index contributed by atoms with van der Waals surface area (Å²) in [4.78, 5) is 2.32. The molecule has 0 saturated carbocycles. The first kappa shape index (κ1) is 14.4. The maximum Gasteiger partial charge on any atom is 0.128 e. The van der Waals surface area contributed by atoms with Crippen molar-refractivity contribution in [2.24, 2.45) is 0 Å². The zero-order valence-corrected chi connectivity index (χ0v) is 11.2. The summed E-state index contributed by atoms with van der Waals surface area (Å²) < 4.78 is 13.8. The highest BCUT2D eigenvalue weighted by Crippen LogP contribution is 2.23. The van der Waals surface area contributed by atoms with Crippen LogP contribution in [0.3, 0.4) is 0 Å². The first-order valence-electron chi connectivity index (χ1n) is 5.89. The van der Waals surface area contributed by atoms with Gasteiger partial charge in [0.25, 0.3) is 0 Å². The lowest BCUT2D eigenvalue weighted by atomic mass is 10.0. The number of aryl methyl sites for hydroxylation is 1. The van der Waals surface area contributed by atoms with Crippen LogP contribution in [0.15, 0.2) is 18.2 Å². The van der Waals surface area contributed by atoms with Crippen molar-refractivity contribution in [1.82, 2.24) is 10.2 Å². The molecule has 96 valence electrons. The molecule has 1 heterocycles. The number of hydrogen-bond acceptors (Lipinski definition) is 2. The van der Waals surface area contributed by atoms with Gasteiger partial charge in [-0.1, -0.05) is 12.1 Å². The molecule has 1 aliphatic rings. The van der Waals surface area contributed by atoms with Crippen LogP contribution in [0, 0.1) is 12.7 Å². The van der Waals surface area contributed by atoms with Crippen molar-refractivity contribution in [1.29, 1.82) is 0 Å². The second-order valence-corrected chi connectivity index (χ2v) is 4.49. The third-order valence-corrected chi connectivity index (χ3v) is 3.31. The Bertz CT molecular complexity index is 364. The predicted octanol–water partition coefficient (Wildman–Crippen LogP) is 2.52. The summed E-state index contributed by atoms with van der Waals surface area (Å²) in [6, 6.07) is 5.69. The molecule has 1 aliphatic heterocycles. The van der Waals surface area contributed by atoms with Gasteiger partial charge in [-0.2, -0.15) is 0 Å². The topological polar surface area (TPSA) is 15.3 Å². The molecule has 0 aliphatic carbocycles. The van der Waals surface area contributed by atoms with Gasteiger partial charge in [0.2, 0.25) is 0 Å². The largest absolute Gasteiger partial charge is 0.314 e. The van der Waals surface area contributed by atoms with Crippen molar-refractivity contribution < 1.29 is 4.39 Å². The minimum absolute atomic E-state index is 0. The third kappa shape index (κ3) is 3.41. The van der Waals surface area contributed by atoms with Crippen molar-refractivity contribution in [2.45, 2.75) is 19.9 Å². The SMILES string of the molecule is Cc1ccc([C@H](C)N2CCNCC2)c(F)c1.Cl. The van der Waals surface area contributed by atoms with E-state index in [1.54, 1.807) is 6.07 Å². The Morgan fingerprint density at radius 2 is 1.94 bits per heavy atom. The van der Waals surface area contributed by atoms with Crippen LogP contribution < -0.4 is 5.32 Å². The Morgan fingerprint density at radius 3 is 2.53 bits per heavy atom. The number of nitrogens with zero attached hydrogens (tertiary/aromatic N) is 1. The number of piperazine rings is 1. The fourth-order valence-corrected chi connectivity index (χ4v) is 2.24. The molecular formula is C13H20ClFN2. The molecule has 0 radical (unpaired) electrons. The second-order valence-electron chi connectivity index (χ2n) is 4.49. The van der Waals surface area contributed by atoms with E-state index in [2.05, 4.69) is 17.1 Å². The summed E-state index contributed by atoms with van der Waals surface area (Å²) in [6.07, 6.45) is 0. The average Bonchev–Trinajstić information content (AvgIpc) is 2.29. The Morgan fingerprint density at radius 1 is 1.29 bits per heavy atom. The van der Waals surface area contributed by atoms with Gasteiger partial charge in [0.1, 0.15) is 5.82 Å². The van der Waals surface area contributed by atoms with Gasteiger partial charge in [0.05, 0.1) is 0 Å². The minimum Gasteiger partial charge on any atom is -0.314 e. The van der Waals surface area contributed by atoms with Crippen molar-refractivity contribution in [3.05, 3.63) is 35.1 Å². The van der Waals surface area contributed by atoms with Gasteiger partial charge in [0, 0.05) is 37.8 Å². The van der Waals surface area contributed by atoms with Gasteiger partial charge in [-0.15, -0.1) is 12.4 Å². The zero-order chi connectivity index (χ0) is 11.5. The summed E-state index contributed by atoms with van der Waals surface area (Å²) in [5, 5.41) is 3.31. The lowest BCUT2D eigenvalue weighted by Gasteiger charge is -2.33. The normalized spacial score (nSPS) is 18.5. The Hall–Kier alpha value is -0.640. The highest BCUT2D eigenvalue weighted by molar-refractivity contribution is 5.85. The number of nitrogens with one attached hydrogen (secondary N) is 1. The standard InChI is InChI=1S/C13H19FN2.ClH/c1-10-3-4-12(13(14)9-10)11(2)16-7-5-15-6-8-16;/h3-4,9,11,15H,5-8H2,1-2H3;1H/t11-;/m0./s1. The molecule has 1 fully saturated rings. The Balaban J connectivity index is 0.00000144. The summed E-state index contributed by atoms with van der Waals surface area (Å²) in [5.74, 6) is -0.0777. The van der Waals surface area contributed by atoms with Crippen LogP contribution in [0.25, 0.3) is 0 Å². The van der Waals surface area contributed by atoms with Crippen molar-refractivity contribution in [3.63, 3.8) is 0 Å². The van der Waals surface area contributed by atoms with Gasteiger partial charge in [0.15, 0.2) is 0 Å². The summed E-state index contributed by atoms with van der Waals surface area (Å²) in [6.45, 7) is 7.99. The second kappa shape index (κ2) is 6.34. The van der Waals surface area contributed by atoms with Crippen LogP contribution in [0.2, 0.25) is 0 Å². The fourth-order valence-electron chi connectivity index (χ4n) is 2.24. The van der Waals surface area contributed by atoms with Crippen LogP contribution >= 0.6 is 12.4 Å². The van der Waals surface area contributed by atoms with E-state index in [1.165, 1.54) is 0 Å². The van der Waals surface area contributed by atoms with Gasteiger partial charge < -0.3 is 5.32 Å². The molecule has 0 spiro atoms. The smallest absolute Gasteiger partial charge is 0.128 e. The Labute approximate surface area is 109 Å². The lowest BCUT2D eigenvalue weighted by Crippen LogP contribution is -2.44. The summed E-state index contributed by atoms with van der Waals surface area (Å²) >= 11 is 0. The summed E-state index contributed by atoms with van der Waals surface area (Å²) in [5.41, 5.74) is 1.79. The lowest BCUT2D eigenvalue weighted by molar-refractivity contribution is 0.182. The highest BCUT2D eigenvalue weighted by atomic mass is 35.5. The van der Waals surface area contributed by atoms with Crippen LogP contribution in [-0.2, 0) is 0 Å². The molecule has 2 nitrogen and oxygen atoms in total. The molecule has 2 rings (SSSR count). The molecule has 1 N–H and O–H groups in total. The van der Waals surface area contributed by atoms with Crippen LogP contribution in [0.4, 0.5) is 4.39 Å². The molecule has 0 aromatic heterocycles. The van der Waals surface area contributed by atoms with Crippen molar-refractivity contribution in [3.8, 4) is 0 Å².